The van der Waals surface area contributed by atoms with Gasteiger partial charge in [0.25, 0.3) is 0 Å². The Kier molecular flexibility index (Phi) is 3.02. The van der Waals surface area contributed by atoms with Crippen molar-refractivity contribution in [1.82, 2.24) is 4.90 Å². The molecule has 2 aliphatic rings. The number of nitrogens with zero attached hydrogens (tertiary/aromatic N) is 1. The molecule has 2 fully saturated rings. The molecule has 2 amide bonds. The normalized spacial score (nSPS) is 24.1. The number of carbonyl (C=O) groups excluding carboxylic acids is 2. The molecule has 1 aliphatic heterocycles. The molecule has 0 radical (unpaired) electrons. The molecule has 0 atom stereocenters. The van der Waals surface area contributed by atoms with E-state index in [1.165, 1.54) is 4.90 Å². The lowest BCUT2D eigenvalue weighted by atomic mass is 9.84. The van der Waals surface area contributed by atoms with E-state index in [0.29, 0.717) is 13.0 Å². The molecule has 1 aliphatic carbocycles. The number of amides is 2. The first-order valence-corrected chi connectivity index (χ1v) is 6.36. The molecule has 1 saturated carbocycles. The summed E-state index contributed by atoms with van der Waals surface area (Å²) in [5, 5.41) is 9.23. The molecule has 96 valence electrons. The van der Waals surface area contributed by atoms with Crippen molar-refractivity contribution in [1.29, 1.82) is 0 Å². The summed E-state index contributed by atoms with van der Waals surface area (Å²) in [6, 6.07) is 0. The van der Waals surface area contributed by atoms with Crippen LogP contribution < -0.4 is 0 Å². The fraction of sp³-hybridized carbons (Fsp3) is 0.846. The first kappa shape index (κ1) is 12.6. The van der Waals surface area contributed by atoms with Gasteiger partial charge in [0.2, 0.25) is 11.8 Å². The predicted octanol–water partition coefficient (Wildman–Crippen LogP) is 1.32. The maximum atomic E-state index is 12.4. The van der Waals surface area contributed by atoms with E-state index in [1.807, 2.05) is 13.8 Å². The number of rotatable bonds is 3. The zero-order valence-corrected chi connectivity index (χ0v) is 10.7. The van der Waals surface area contributed by atoms with Gasteiger partial charge in [0, 0.05) is 25.0 Å². The Morgan fingerprint density at radius 2 is 1.88 bits per heavy atom. The van der Waals surface area contributed by atoms with Gasteiger partial charge in [-0.25, -0.2) is 0 Å². The van der Waals surface area contributed by atoms with Gasteiger partial charge in [-0.05, 0) is 12.8 Å². The molecule has 4 nitrogen and oxygen atoms in total. The second-order valence-electron chi connectivity index (χ2n) is 6.27. The SMILES string of the molecule is CC(C)(CO)CN1C(=O)CC2(CCCC2)C1=O. The van der Waals surface area contributed by atoms with E-state index in [-0.39, 0.29) is 23.8 Å². The second kappa shape index (κ2) is 4.09. The summed E-state index contributed by atoms with van der Waals surface area (Å²) in [6.07, 6.45) is 4.20. The second-order valence-corrected chi connectivity index (χ2v) is 6.27. The molecule has 0 aromatic rings. The third kappa shape index (κ3) is 2.10. The first-order valence-electron chi connectivity index (χ1n) is 6.36. The monoisotopic (exact) mass is 239 g/mol. The molecule has 2 rings (SSSR count). The van der Waals surface area contributed by atoms with Gasteiger partial charge in [-0.1, -0.05) is 26.7 Å². The van der Waals surface area contributed by atoms with Crippen molar-refractivity contribution in [3.8, 4) is 0 Å². The molecule has 0 aromatic carbocycles. The summed E-state index contributed by atoms with van der Waals surface area (Å²) in [6.45, 7) is 4.06. The van der Waals surface area contributed by atoms with Crippen molar-refractivity contribution in [3.05, 3.63) is 0 Å². The molecule has 4 heteroatoms. The van der Waals surface area contributed by atoms with E-state index in [1.54, 1.807) is 0 Å². The van der Waals surface area contributed by atoms with Crippen LogP contribution in [0.2, 0.25) is 0 Å². The molecule has 0 bridgehead atoms. The molecule has 1 N–H and O–H groups in total. The van der Waals surface area contributed by atoms with Crippen LogP contribution in [0.25, 0.3) is 0 Å². The number of hydrogen-bond donors (Lipinski definition) is 1. The number of likely N-dealkylation sites (tertiary alicyclic amines) is 1. The van der Waals surface area contributed by atoms with Crippen LogP contribution in [0.1, 0.15) is 46.0 Å². The van der Waals surface area contributed by atoms with Gasteiger partial charge in [0.05, 0.1) is 5.41 Å². The highest BCUT2D eigenvalue weighted by molar-refractivity contribution is 6.06. The van der Waals surface area contributed by atoms with Crippen molar-refractivity contribution >= 4 is 11.8 Å². The van der Waals surface area contributed by atoms with Crippen molar-refractivity contribution in [3.63, 3.8) is 0 Å². The molecule has 1 saturated heterocycles. The van der Waals surface area contributed by atoms with Gasteiger partial charge in [0.15, 0.2) is 0 Å². The van der Waals surface area contributed by atoms with Gasteiger partial charge >= 0.3 is 0 Å². The fourth-order valence-corrected chi connectivity index (χ4v) is 2.94. The quantitative estimate of drug-likeness (QED) is 0.756. The van der Waals surface area contributed by atoms with Crippen LogP contribution in [0.15, 0.2) is 0 Å². The molecular formula is C13H21NO3. The summed E-state index contributed by atoms with van der Waals surface area (Å²) in [5.74, 6) is -0.0556. The van der Waals surface area contributed by atoms with Crippen LogP contribution in [0.4, 0.5) is 0 Å². The molecule has 0 aromatic heterocycles. The summed E-state index contributed by atoms with van der Waals surface area (Å²) in [7, 11) is 0. The summed E-state index contributed by atoms with van der Waals surface area (Å²) < 4.78 is 0. The molecular weight excluding hydrogens is 218 g/mol. The first-order chi connectivity index (χ1) is 7.90. The van der Waals surface area contributed by atoms with Gasteiger partial charge in [-0.3, -0.25) is 14.5 Å². The highest BCUT2D eigenvalue weighted by Crippen LogP contribution is 2.47. The lowest BCUT2D eigenvalue weighted by Gasteiger charge is -2.28. The third-order valence-corrected chi connectivity index (χ3v) is 4.06. The summed E-state index contributed by atoms with van der Waals surface area (Å²) in [5.41, 5.74) is -0.794. The zero-order valence-electron chi connectivity index (χ0n) is 10.7. The van der Waals surface area contributed by atoms with Crippen molar-refractivity contribution in [2.24, 2.45) is 10.8 Å². The van der Waals surface area contributed by atoms with Crippen LogP contribution in [-0.2, 0) is 9.59 Å². The number of aliphatic hydroxyl groups is 1. The van der Waals surface area contributed by atoms with Crippen molar-refractivity contribution < 1.29 is 14.7 Å². The van der Waals surface area contributed by atoms with Crippen molar-refractivity contribution in [2.75, 3.05) is 13.2 Å². The lowest BCUT2D eigenvalue weighted by Crippen LogP contribution is -2.41. The van der Waals surface area contributed by atoms with E-state index in [9.17, 15) is 14.7 Å². The van der Waals surface area contributed by atoms with Crippen LogP contribution in [-0.4, -0.2) is 35.0 Å². The van der Waals surface area contributed by atoms with Crippen LogP contribution in [0.3, 0.4) is 0 Å². The molecule has 0 unspecified atom stereocenters. The average Bonchev–Trinajstić information content (AvgIpc) is 2.81. The van der Waals surface area contributed by atoms with Crippen LogP contribution >= 0.6 is 0 Å². The summed E-state index contributed by atoms with van der Waals surface area (Å²) >= 11 is 0. The number of aliphatic hydroxyl groups excluding tert-OH is 1. The smallest absolute Gasteiger partial charge is 0.235 e. The van der Waals surface area contributed by atoms with E-state index in [0.717, 1.165) is 25.7 Å². The van der Waals surface area contributed by atoms with E-state index in [2.05, 4.69) is 0 Å². The number of hydrogen-bond acceptors (Lipinski definition) is 3. The van der Waals surface area contributed by atoms with Crippen molar-refractivity contribution in [2.45, 2.75) is 46.0 Å². The Balaban J connectivity index is 2.14. The topological polar surface area (TPSA) is 57.6 Å². The van der Waals surface area contributed by atoms with Gasteiger partial charge in [-0.15, -0.1) is 0 Å². The third-order valence-electron chi connectivity index (χ3n) is 4.06. The Bertz CT molecular complexity index is 343. The Hall–Kier alpha value is -0.900. The average molecular weight is 239 g/mol. The summed E-state index contributed by atoms with van der Waals surface area (Å²) in [4.78, 5) is 25.7. The Morgan fingerprint density at radius 1 is 1.29 bits per heavy atom. The minimum Gasteiger partial charge on any atom is -0.396 e. The van der Waals surface area contributed by atoms with Crippen LogP contribution in [0, 0.1) is 10.8 Å². The van der Waals surface area contributed by atoms with E-state index >= 15 is 0 Å². The molecule has 1 heterocycles. The van der Waals surface area contributed by atoms with E-state index in [4.69, 9.17) is 0 Å². The Labute approximate surface area is 102 Å². The zero-order chi connectivity index (χ0) is 12.7. The minimum absolute atomic E-state index is 0.00141. The molecule has 1 spiro atoms. The largest absolute Gasteiger partial charge is 0.396 e. The van der Waals surface area contributed by atoms with Gasteiger partial charge in [-0.2, -0.15) is 0 Å². The predicted molar refractivity (Wildman–Crippen MR) is 63.1 cm³/mol. The number of carbonyl (C=O) groups is 2. The Morgan fingerprint density at radius 3 is 2.41 bits per heavy atom. The fourth-order valence-electron chi connectivity index (χ4n) is 2.94. The maximum absolute atomic E-state index is 12.4. The van der Waals surface area contributed by atoms with E-state index < -0.39 is 5.41 Å². The van der Waals surface area contributed by atoms with Gasteiger partial charge in [0.1, 0.15) is 0 Å². The molecule has 17 heavy (non-hydrogen) atoms. The minimum atomic E-state index is -0.407. The standard InChI is InChI=1S/C13H21NO3/c1-12(2,9-15)8-14-10(16)7-13(11(14)17)5-3-4-6-13/h15H,3-9H2,1-2H3. The van der Waals surface area contributed by atoms with Crippen LogP contribution in [0.5, 0.6) is 0 Å². The maximum Gasteiger partial charge on any atom is 0.235 e. The number of imide groups is 1. The highest BCUT2D eigenvalue weighted by Gasteiger charge is 2.53. The van der Waals surface area contributed by atoms with Gasteiger partial charge < -0.3 is 5.11 Å². The lowest BCUT2D eigenvalue weighted by molar-refractivity contribution is -0.143. The highest BCUT2D eigenvalue weighted by atomic mass is 16.3.